The summed E-state index contributed by atoms with van der Waals surface area (Å²) in [6, 6.07) is 4.15. The molecular formula is C25H33BrN2O6. The van der Waals surface area contributed by atoms with Crippen LogP contribution < -0.4 is 5.32 Å². The Morgan fingerprint density at radius 1 is 1.32 bits per heavy atom. The molecule has 186 valence electrons. The molecule has 3 fully saturated rings. The number of esters is 1. The van der Waals surface area contributed by atoms with E-state index in [0.717, 1.165) is 11.1 Å². The first-order valence-electron chi connectivity index (χ1n) is 11.9. The van der Waals surface area contributed by atoms with Gasteiger partial charge in [0.05, 0.1) is 37.2 Å². The van der Waals surface area contributed by atoms with Crippen LogP contribution in [-0.2, 0) is 23.9 Å². The number of ether oxygens (including phenoxy) is 2. The van der Waals surface area contributed by atoms with Crippen molar-refractivity contribution in [2.75, 3.05) is 18.5 Å². The van der Waals surface area contributed by atoms with Crippen LogP contribution in [0.3, 0.4) is 0 Å². The largest absolute Gasteiger partial charge is 0.466 e. The minimum atomic E-state index is -1.18. The van der Waals surface area contributed by atoms with Crippen LogP contribution >= 0.6 is 15.9 Å². The molecule has 3 saturated heterocycles. The van der Waals surface area contributed by atoms with Gasteiger partial charge in [-0.05, 0) is 44.2 Å². The lowest BCUT2D eigenvalue weighted by Crippen LogP contribution is -2.57. The zero-order valence-corrected chi connectivity index (χ0v) is 21.8. The highest BCUT2D eigenvalue weighted by Crippen LogP contribution is 2.60. The summed E-state index contributed by atoms with van der Waals surface area (Å²) in [6.07, 6.45) is -0.154. The molecule has 9 heteroatoms. The Bertz CT molecular complexity index is 979. The molecule has 0 saturated carbocycles. The van der Waals surface area contributed by atoms with Gasteiger partial charge in [-0.1, -0.05) is 48.0 Å². The molecule has 0 aromatic heterocycles. The molecule has 2 amide bonds. The molecule has 3 unspecified atom stereocenters. The van der Waals surface area contributed by atoms with Crippen LogP contribution in [0.25, 0.3) is 0 Å². The fraction of sp³-hybridized carbons (Fsp3) is 0.640. The average molecular weight is 537 g/mol. The second-order valence-electron chi connectivity index (χ2n) is 9.91. The molecule has 34 heavy (non-hydrogen) atoms. The van der Waals surface area contributed by atoms with Gasteiger partial charge in [-0.2, -0.15) is 0 Å². The van der Waals surface area contributed by atoms with Crippen molar-refractivity contribution in [1.82, 2.24) is 4.90 Å². The fourth-order valence-electron chi connectivity index (χ4n) is 6.06. The maximum absolute atomic E-state index is 14.0. The van der Waals surface area contributed by atoms with Crippen molar-refractivity contribution >= 4 is 39.4 Å². The van der Waals surface area contributed by atoms with Gasteiger partial charge in [0.1, 0.15) is 11.6 Å². The van der Waals surface area contributed by atoms with E-state index >= 15 is 0 Å². The van der Waals surface area contributed by atoms with Crippen LogP contribution in [0.15, 0.2) is 18.2 Å². The van der Waals surface area contributed by atoms with Crippen molar-refractivity contribution in [3.63, 3.8) is 0 Å². The number of fused-ring (bicyclic) bond motifs is 1. The van der Waals surface area contributed by atoms with Crippen LogP contribution in [0.1, 0.15) is 38.3 Å². The Hall–Kier alpha value is -1.97. The number of aliphatic hydroxyl groups excluding tert-OH is 1. The number of anilines is 1. The van der Waals surface area contributed by atoms with Crippen molar-refractivity contribution in [3.8, 4) is 0 Å². The molecule has 1 aromatic carbocycles. The van der Waals surface area contributed by atoms with Crippen LogP contribution in [0.2, 0.25) is 0 Å². The predicted molar refractivity (Wildman–Crippen MR) is 129 cm³/mol. The van der Waals surface area contributed by atoms with Crippen molar-refractivity contribution < 1.29 is 29.0 Å². The number of hydrogen-bond donors (Lipinski definition) is 2. The number of carbonyl (C=O) groups is 3. The summed E-state index contributed by atoms with van der Waals surface area (Å²) in [4.78, 5) is 42.1. The molecule has 0 radical (unpaired) electrons. The summed E-state index contributed by atoms with van der Waals surface area (Å²) in [7, 11) is 0. The third-order valence-electron chi connectivity index (χ3n) is 7.58. The first kappa shape index (κ1) is 25.1. The zero-order valence-electron chi connectivity index (χ0n) is 20.2. The van der Waals surface area contributed by atoms with Gasteiger partial charge in [0.25, 0.3) is 0 Å². The molecule has 3 heterocycles. The molecule has 4 rings (SSSR count). The second kappa shape index (κ2) is 9.24. The van der Waals surface area contributed by atoms with E-state index in [-0.39, 0.29) is 35.8 Å². The van der Waals surface area contributed by atoms with E-state index in [9.17, 15) is 19.5 Å². The summed E-state index contributed by atoms with van der Waals surface area (Å²) >= 11 is 3.63. The number of aryl methyl sites for hydroxylation is 2. The Kier molecular flexibility index (Phi) is 6.83. The predicted octanol–water partition coefficient (Wildman–Crippen LogP) is 2.57. The number of halogens is 1. The molecule has 2 N–H and O–H groups in total. The summed E-state index contributed by atoms with van der Waals surface area (Å²) < 4.78 is 11.7. The van der Waals surface area contributed by atoms with E-state index in [0.29, 0.717) is 12.1 Å². The highest BCUT2D eigenvalue weighted by molar-refractivity contribution is 9.09. The number of aliphatic hydroxyl groups is 1. The van der Waals surface area contributed by atoms with E-state index in [2.05, 4.69) is 21.2 Å². The minimum Gasteiger partial charge on any atom is -0.466 e. The number of nitrogens with one attached hydrogen (secondary N) is 1. The van der Waals surface area contributed by atoms with E-state index in [1.54, 1.807) is 6.92 Å². The van der Waals surface area contributed by atoms with Gasteiger partial charge in [0, 0.05) is 10.5 Å². The number of para-hydroxylation sites is 1. The second-order valence-corrected chi connectivity index (χ2v) is 11.1. The van der Waals surface area contributed by atoms with E-state index in [1.807, 2.05) is 45.9 Å². The molecule has 0 aliphatic carbocycles. The summed E-state index contributed by atoms with van der Waals surface area (Å²) in [5.74, 6) is -2.97. The molecule has 3 aliphatic heterocycles. The summed E-state index contributed by atoms with van der Waals surface area (Å²) in [5.41, 5.74) is 1.31. The van der Waals surface area contributed by atoms with Gasteiger partial charge in [0.15, 0.2) is 0 Å². The number of benzene rings is 1. The molecular weight excluding hydrogens is 504 g/mol. The Labute approximate surface area is 208 Å². The first-order valence-corrected chi connectivity index (χ1v) is 12.8. The van der Waals surface area contributed by atoms with Crippen LogP contribution in [-0.4, -0.2) is 69.6 Å². The van der Waals surface area contributed by atoms with Gasteiger partial charge >= 0.3 is 5.97 Å². The number of rotatable bonds is 7. The summed E-state index contributed by atoms with van der Waals surface area (Å²) in [6.45, 7) is 9.23. The quantitative estimate of drug-likeness (QED) is 0.409. The average Bonchev–Trinajstić information content (AvgIpc) is 3.35. The van der Waals surface area contributed by atoms with E-state index < -0.39 is 41.6 Å². The smallest absolute Gasteiger partial charge is 0.312 e. The Morgan fingerprint density at radius 2 is 1.97 bits per heavy atom. The SMILES string of the molecule is CCOC(=O)[C@H]1[C@H]2C(=O)N([C@@H](CO)C(C)C)C(C(=O)Nc3c(C)cccc3C)C23CC(Br)[C@@H]1O3. The van der Waals surface area contributed by atoms with Crippen molar-refractivity contribution in [1.29, 1.82) is 0 Å². The molecule has 2 bridgehead atoms. The number of hydrogen-bond acceptors (Lipinski definition) is 6. The Morgan fingerprint density at radius 3 is 2.53 bits per heavy atom. The van der Waals surface area contributed by atoms with Gasteiger partial charge in [0.2, 0.25) is 11.8 Å². The van der Waals surface area contributed by atoms with Crippen molar-refractivity contribution in [2.24, 2.45) is 17.8 Å². The molecule has 1 spiro atoms. The Balaban J connectivity index is 1.81. The monoisotopic (exact) mass is 536 g/mol. The van der Waals surface area contributed by atoms with Crippen LogP contribution in [0.4, 0.5) is 5.69 Å². The normalized spacial score (nSPS) is 32.8. The summed E-state index contributed by atoms with van der Waals surface area (Å²) in [5, 5.41) is 13.3. The van der Waals surface area contributed by atoms with Gasteiger partial charge in [-0.3, -0.25) is 14.4 Å². The van der Waals surface area contributed by atoms with Crippen LogP contribution in [0, 0.1) is 31.6 Å². The number of carbonyl (C=O) groups excluding carboxylic acids is 3. The van der Waals surface area contributed by atoms with Crippen LogP contribution in [0.5, 0.6) is 0 Å². The maximum Gasteiger partial charge on any atom is 0.312 e. The van der Waals surface area contributed by atoms with E-state index in [4.69, 9.17) is 9.47 Å². The van der Waals surface area contributed by atoms with Crippen molar-refractivity contribution in [2.45, 2.75) is 69.7 Å². The lowest BCUT2D eigenvalue weighted by atomic mass is 9.70. The minimum absolute atomic E-state index is 0.113. The number of likely N-dealkylation sites (tertiary alicyclic amines) is 1. The van der Waals surface area contributed by atoms with Gasteiger partial charge in [-0.25, -0.2) is 0 Å². The van der Waals surface area contributed by atoms with Gasteiger partial charge in [-0.15, -0.1) is 0 Å². The molecule has 7 atom stereocenters. The highest BCUT2D eigenvalue weighted by atomic mass is 79.9. The third kappa shape index (κ3) is 3.67. The highest BCUT2D eigenvalue weighted by Gasteiger charge is 2.77. The number of alkyl halides is 1. The van der Waals surface area contributed by atoms with Crippen molar-refractivity contribution in [3.05, 3.63) is 29.3 Å². The molecule has 1 aromatic rings. The molecule has 3 aliphatic rings. The topological polar surface area (TPSA) is 105 Å². The molecule has 8 nitrogen and oxygen atoms in total. The lowest BCUT2D eigenvalue weighted by molar-refractivity contribution is -0.155. The van der Waals surface area contributed by atoms with Gasteiger partial charge < -0.3 is 24.8 Å². The zero-order chi connectivity index (χ0) is 24.9. The van der Waals surface area contributed by atoms with E-state index in [1.165, 1.54) is 4.90 Å². The lowest BCUT2D eigenvalue weighted by Gasteiger charge is -2.38. The maximum atomic E-state index is 14.0. The number of amides is 2. The standard InChI is InChI=1S/C25H33BrN2O6/c1-6-33-24(32)17-18-23(31)28(16(11-29)12(2)3)21(25(18)10-15(26)20(17)34-25)22(30)27-19-13(4)8-7-9-14(19)5/h7-9,12,15-18,20-21,29H,6,10-11H2,1-5H3,(H,27,30)/t15?,16-,17-,18-,20-,21?,25?/m0/s1. The number of nitrogens with zero attached hydrogens (tertiary/aromatic N) is 1. The third-order valence-corrected chi connectivity index (χ3v) is 8.42. The fourth-order valence-corrected chi connectivity index (χ4v) is 7.00. The first-order chi connectivity index (χ1) is 16.1.